The lowest BCUT2D eigenvalue weighted by molar-refractivity contribution is -0.286. The van der Waals surface area contributed by atoms with Crippen LogP contribution < -0.4 is 0 Å². The lowest BCUT2D eigenvalue weighted by atomic mass is 9.41. The van der Waals surface area contributed by atoms with E-state index >= 15 is 0 Å². The van der Waals surface area contributed by atoms with Crippen molar-refractivity contribution in [1.82, 2.24) is 0 Å². The van der Waals surface area contributed by atoms with Crippen LogP contribution in [0.3, 0.4) is 0 Å². The van der Waals surface area contributed by atoms with Gasteiger partial charge in [0.15, 0.2) is 6.29 Å². The van der Waals surface area contributed by atoms with Crippen LogP contribution in [0.5, 0.6) is 0 Å². The van der Waals surface area contributed by atoms with Gasteiger partial charge in [0.05, 0.1) is 34.9 Å². The summed E-state index contributed by atoms with van der Waals surface area (Å²) in [5.74, 6) is -0.473. The van der Waals surface area contributed by atoms with Crippen molar-refractivity contribution in [3.8, 4) is 0 Å². The predicted molar refractivity (Wildman–Crippen MR) is 133 cm³/mol. The standard InChI is InChI=1S/C29H42O9/c1-16-25(33)22(31)12-24(37-16)38-18-3-8-27(15-30)20-4-7-26(2)19(17-11-23(32)36-14-17)6-10-29(26,35)21(20)5-9-28(27,34)13-18/h11,15-16,18-22,24-25,31,33-35H,3-10,12-14H2,1-2H3/t16-,18+,19-,20?,21?,22-,24+,25-,26-,27+,28+,29+/m1/s1. The molecule has 0 aromatic heterocycles. The Labute approximate surface area is 223 Å². The molecule has 0 radical (unpaired) electrons. The fourth-order valence-corrected chi connectivity index (χ4v) is 9.76. The molecule has 38 heavy (non-hydrogen) atoms. The molecule has 0 amide bonds. The molecular weight excluding hydrogens is 492 g/mol. The highest BCUT2D eigenvalue weighted by Gasteiger charge is 2.71. The Morgan fingerprint density at radius 2 is 1.82 bits per heavy atom. The molecule has 4 saturated carbocycles. The van der Waals surface area contributed by atoms with Gasteiger partial charge in [-0.15, -0.1) is 0 Å². The smallest absolute Gasteiger partial charge is 0.331 e. The number of aliphatic hydroxyl groups excluding tert-OH is 2. The van der Waals surface area contributed by atoms with Crippen molar-refractivity contribution < 1.29 is 44.2 Å². The van der Waals surface area contributed by atoms with Crippen molar-refractivity contribution >= 4 is 12.3 Å². The topological polar surface area (TPSA) is 143 Å². The Hall–Kier alpha value is -1.36. The van der Waals surface area contributed by atoms with Gasteiger partial charge in [0.2, 0.25) is 0 Å². The maximum absolute atomic E-state index is 12.9. The van der Waals surface area contributed by atoms with Gasteiger partial charge in [-0.25, -0.2) is 4.79 Å². The lowest BCUT2D eigenvalue weighted by Gasteiger charge is -2.65. The van der Waals surface area contributed by atoms with Gasteiger partial charge < -0.3 is 39.4 Å². The Morgan fingerprint density at radius 1 is 1.05 bits per heavy atom. The Kier molecular flexibility index (Phi) is 6.41. The zero-order valence-corrected chi connectivity index (χ0v) is 22.4. The van der Waals surface area contributed by atoms with E-state index in [0.717, 1.165) is 31.1 Å². The van der Waals surface area contributed by atoms with Crippen molar-refractivity contribution in [2.24, 2.45) is 28.6 Å². The van der Waals surface area contributed by atoms with E-state index in [1.807, 2.05) is 0 Å². The first kappa shape index (κ1) is 26.8. The SMILES string of the molecule is C[C@H]1O[C@@H](O[C@H]2CC[C@]3(C=O)C4CC[C@]5(C)[C@@H](C6=CC(=O)OC6)CC[C@]5(O)C4CC[C@]3(O)C2)C[C@@H](O)[C@@H]1O. The minimum atomic E-state index is -1.24. The van der Waals surface area contributed by atoms with Crippen LogP contribution in [0.1, 0.15) is 78.1 Å². The molecule has 2 aliphatic heterocycles. The highest BCUT2D eigenvalue weighted by molar-refractivity contribution is 5.85. The second-order valence-corrected chi connectivity index (χ2v) is 13.3. The number of fused-ring (bicyclic) bond motifs is 5. The molecule has 0 aromatic rings. The number of carbonyl (C=O) groups excluding carboxylic acids is 2. The highest BCUT2D eigenvalue weighted by atomic mass is 16.7. The van der Waals surface area contributed by atoms with Gasteiger partial charge in [-0.3, -0.25) is 0 Å². The van der Waals surface area contributed by atoms with E-state index in [4.69, 9.17) is 14.2 Å². The molecule has 4 N–H and O–H groups in total. The zero-order valence-electron chi connectivity index (χ0n) is 22.4. The Bertz CT molecular complexity index is 1000. The number of esters is 1. The fraction of sp³-hybridized carbons (Fsp3) is 0.862. The number of carbonyl (C=O) groups is 2. The largest absolute Gasteiger partial charge is 0.458 e. The summed E-state index contributed by atoms with van der Waals surface area (Å²) in [6.07, 6.45) is 4.50. The first-order valence-electron chi connectivity index (χ1n) is 14.4. The summed E-state index contributed by atoms with van der Waals surface area (Å²) >= 11 is 0. The summed E-state index contributed by atoms with van der Waals surface area (Å²) in [6, 6.07) is 0. The van der Waals surface area contributed by atoms with Crippen LogP contribution in [-0.2, 0) is 23.8 Å². The van der Waals surface area contributed by atoms with E-state index in [-0.39, 0.29) is 36.2 Å². The molecule has 9 nitrogen and oxygen atoms in total. The fourth-order valence-electron chi connectivity index (χ4n) is 9.76. The van der Waals surface area contributed by atoms with Gasteiger partial charge >= 0.3 is 5.97 Å². The molecular formula is C29H42O9. The second kappa shape index (κ2) is 9.08. The number of ether oxygens (including phenoxy) is 3. The molecule has 0 spiro atoms. The highest BCUT2D eigenvalue weighted by Crippen LogP contribution is 2.70. The average Bonchev–Trinajstić information content (AvgIpc) is 3.41. The minimum absolute atomic E-state index is 0.0729. The number of hydrogen-bond donors (Lipinski definition) is 4. The van der Waals surface area contributed by atoms with Crippen LogP contribution in [0, 0.1) is 28.6 Å². The molecule has 2 unspecified atom stereocenters. The molecule has 5 fully saturated rings. The summed E-state index contributed by atoms with van der Waals surface area (Å²) in [7, 11) is 0. The van der Waals surface area contributed by atoms with Gasteiger partial charge in [-0.05, 0) is 81.6 Å². The normalized spacial score (nSPS) is 54.4. The van der Waals surface area contributed by atoms with E-state index in [9.17, 15) is 30.0 Å². The van der Waals surface area contributed by atoms with Gasteiger partial charge in [-0.2, -0.15) is 0 Å². The lowest BCUT2D eigenvalue weighted by Crippen LogP contribution is -2.69. The third-order valence-electron chi connectivity index (χ3n) is 11.9. The van der Waals surface area contributed by atoms with Crippen molar-refractivity contribution in [3.05, 3.63) is 11.6 Å². The van der Waals surface area contributed by atoms with E-state index in [1.165, 1.54) is 0 Å². The first-order chi connectivity index (χ1) is 18.0. The zero-order chi connectivity index (χ0) is 27.1. The van der Waals surface area contributed by atoms with Crippen LogP contribution in [-0.4, -0.2) is 81.2 Å². The van der Waals surface area contributed by atoms with Crippen molar-refractivity contribution in [2.45, 2.75) is 120 Å². The quantitative estimate of drug-likeness (QED) is 0.241. The predicted octanol–water partition coefficient (Wildman–Crippen LogP) is 1.78. The van der Waals surface area contributed by atoms with Gasteiger partial charge in [-0.1, -0.05) is 6.92 Å². The number of aliphatic hydroxyl groups is 4. The van der Waals surface area contributed by atoms with Crippen LogP contribution in [0.15, 0.2) is 11.6 Å². The summed E-state index contributed by atoms with van der Waals surface area (Å²) in [5, 5.41) is 44.6. The molecule has 12 atom stereocenters. The summed E-state index contributed by atoms with van der Waals surface area (Å²) in [6.45, 7) is 4.13. The summed E-state index contributed by atoms with van der Waals surface area (Å²) in [5.41, 5.74) is -2.60. The van der Waals surface area contributed by atoms with Crippen LogP contribution >= 0.6 is 0 Å². The van der Waals surface area contributed by atoms with Crippen molar-refractivity contribution in [1.29, 1.82) is 0 Å². The van der Waals surface area contributed by atoms with Crippen LogP contribution in [0.2, 0.25) is 0 Å². The number of hydrogen-bond acceptors (Lipinski definition) is 9. The molecule has 0 bridgehead atoms. The maximum Gasteiger partial charge on any atom is 0.331 e. The van der Waals surface area contributed by atoms with Crippen molar-refractivity contribution in [3.63, 3.8) is 0 Å². The number of aldehydes is 1. The molecule has 0 aromatic carbocycles. The first-order valence-corrected chi connectivity index (χ1v) is 14.4. The Morgan fingerprint density at radius 3 is 2.50 bits per heavy atom. The summed E-state index contributed by atoms with van der Waals surface area (Å²) in [4.78, 5) is 24.7. The van der Waals surface area contributed by atoms with Gasteiger partial charge in [0.1, 0.15) is 19.0 Å². The number of rotatable bonds is 4. The maximum atomic E-state index is 12.9. The van der Waals surface area contributed by atoms with E-state index in [2.05, 4.69) is 6.92 Å². The van der Waals surface area contributed by atoms with E-state index < -0.39 is 46.6 Å². The van der Waals surface area contributed by atoms with Crippen molar-refractivity contribution in [2.75, 3.05) is 6.61 Å². The number of cyclic esters (lactones) is 1. The second-order valence-electron chi connectivity index (χ2n) is 13.3. The Balaban J connectivity index is 1.22. The monoisotopic (exact) mass is 534 g/mol. The van der Waals surface area contributed by atoms with Gasteiger partial charge in [0, 0.05) is 24.3 Å². The third-order valence-corrected chi connectivity index (χ3v) is 11.9. The van der Waals surface area contributed by atoms with E-state index in [1.54, 1.807) is 13.0 Å². The molecule has 6 aliphatic rings. The minimum Gasteiger partial charge on any atom is -0.458 e. The molecule has 4 aliphatic carbocycles. The summed E-state index contributed by atoms with van der Waals surface area (Å²) < 4.78 is 17.1. The molecule has 212 valence electrons. The molecule has 6 rings (SSSR count). The van der Waals surface area contributed by atoms with E-state index in [0.29, 0.717) is 45.1 Å². The molecule has 1 saturated heterocycles. The van der Waals surface area contributed by atoms with Gasteiger partial charge in [0.25, 0.3) is 0 Å². The molecule has 2 heterocycles. The molecule has 9 heteroatoms. The van der Waals surface area contributed by atoms with Crippen LogP contribution in [0.4, 0.5) is 0 Å². The third kappa shape index (κ3) is 3.65. The van der Waals surface area contributed by atoms with Crippen LogP contribution in [0.25, 0.3) is 0 Å². The average molecular weight is 535 g/mol.